The van der Waals surface area contributed by atoms with Crippen molar-refractivity contribution in [3.63, 3.8) is 0 Å². The molecule has 6 heteroatoms. The Kier molecular flexibility index (Phi) is 5.67. The van der Waals surface area contributed by atoms with Crippen molar-refractivity contribution >= 4 is 11.6 Å². The van der Waals surface area contributed by atoms with Crippen LogP contribution in [-0.4, -0.2) is 51.4 Å². The minimum atomic E-state index is -0.128. The second-order valence-electron chi connectivity index (χ2n) is 7.51. The number of carbonyl (C=O) groups excluding carboxylic acids is 1. The zero-order valence-corrected chi connectivity index (χ0v) is 16.4. The molecule has 0 aliphatic carbocycles. The van der Waals surface area contributed by atoms with Crippen LogP contribution in [0, 0.1) is 6.92 Å². The number of rotatable bonds is 6. The van der Waals surface area contributed by atoms with Gasteiger partial charge in [-0.1, -0.05) is 36.2 Å². The molecule has 1 N–H and O–H groups in total. The third-order valence-electron chi connectivity index (χ3n) is 5.32. The smallest absolute Gasteiger partial charge is 0.271 e. The molecule has 1 aliphatic heterocycles. The minimum Gasteiger partial charge on any atom is -0.351 e. The van der Waals surface area contributed by atoms with Gasteiger partial charge in [-0.25, -0.2) is 4.98 Å². The lowest BCUT2D eigenvalue weighted by Gasteiger charge is -2.26. The number of carbonyl (C=O) groups is 1. The Morgan fingerprint density at radius 1 is 1.14 bits per heavy atom. The van der Waals surface area contributed by atoms with Gasteiger partial charge in [-0.05, 0) is 45.8 Å². The number of piperidine rings is 1. The van der Waals surface area contributed by atoms with E-state index in [-0.39, 0.29) is 5.91 Å². The fourth-order valence-corrected chi connectivity index (χ4v) is 3.72. The van der Waals surface area contributed by atoms with Crippen LogP contribution < -0.4 is 5.32 Å². The number of nitrogens with one attached hydrogen (secondary N) is 1. The summed E-state index contributed by atoms with van der Waals surface area (Å²) in [6, 6.07) is 8.18. The normalized spacial score (nSPS) is 15.0. The first kappa shape index (κ1) is 18.6. The topological polar surface area (TPSA) is 62.5 Å². The molecule has 0 radical (unpaired) electrons. The van der Waals surface area contributed by atoms with E-state index in [9.17, 15) is 4.79 Å². The molecule has 28 heavy (non-hydrogen) atoms. The highest BCUT2D eigenvalue weighted by atomic mass is 16.1. The molecule has 0 atom stereocenters. The van der Waals surface area contributed by atoms with E-state index < -0.39 is 0 Å². The standard InChI is InChI=1S/C22H27N5O/c1-17-6-8-18(9-7-17)20-21-25-19(16-27(21)15-11-23-20)22(28)24-10-5-14-26-12-3-2-4-13-26/h6-9,11,15-16H,2-5,10,12-14H2,1H3,(H,24,28). The summed E-state index contributed by atoms with van der Waals surface area (Å²) in [5, 5.41) is 3.00. The largest absolute Gasteiger partial charge is 0.351 e. The lowest BCUT2D eigenvalue weighted by Crippen LogP contribution is -2.33. The number of imidazole rings is 1. The highest BCUT2D eigenvalue weighted by molar-refractivity contribution is 5.93. The van der Waals surface area contributed by atoms with Crippen molar-refractivity contribution in [2.45, 2.75) is 32.6 Å². The molecule has 3 heterocycles. The summed E-state index contributed by atoms with van der Waals surface area (Å²) >= 11 is 0. The van der Waals surface area contributed by atoms with Gasteiger partial charge in [0.1, 0.15) is 11.4 Å². The van der Waals surface area contributed by atoms with E-state index in [0.717, 1.165) is 24.2 Å². The van der Waals surface area contributed by atoms with Gasteiger partial charge in [0.25, 0.3) is 5.91 Å². The molecule has 1 fully saturated rings. The molecule has 4 rings (SSSR count). The average molecular weight is 377 g/mol. The van der Waals surface area contributed by atoms with E-state index in [1.807, 2.05) is 22.7 Å². The van der Waals surface area contributed by atoms with Gasteiger partial charge >= 0.3 is 0 Å². The number of nitrogens with zero attached hydrogens (tertiary/aromatic N) is 4. The number of fused-ring (bicyclic) bond motifs is 1. The van der Waals surface area contributed by atoms with Crippen LogP contribution in [0.3, 0.4) is 0 Å². The Hall–Kier alpha value is -2.73. The number of hydrogen-bond acceptors (Lipinski definition) is 4. The zero-order valence-electron chi connectivity index (χ0n) is 16.4. The molecule has 1 amide bonds. The van der Waals surface area contributed by atoms with Crippen molar-refractivity contribution in [2.75, 3.05) is 26.2 Å². The third kappa shape index (κ3) is 4.22. The summed E-state index contributed by atoms with van der Waals surface area (Å²) in [5.41, 5.74) is 4.11. The Labute approximate surface area is 165 Å². The van der Waals surface area contributed by atoms with Gasteiger partial charge < -0.3 is 14.6 Å². The van der Waals surface area contributed by atoms with Crippen molar-refractivity contribution in [3.8, 4) is 11.3 Å². The summed E-state index contributed by atoms with van der Waals surface area (Å²) in [5.74, 6) is -0.128. The van der Waals surface area contributed by atoms with Gasteiger partial charge in [0.05, 0.1) is 0 Å². The summed E-state index contributed by atoms with van der Waals surface area (Å²) in [4.78, 5) is 24.1. The number of benzene rings is 1. The van der Waals surface area contributed by atoms with Crippen LogP contribution >= 0.6 is 0 Å². The average Bonchev–Trinajstić information content (AvgIpc) is 3.17. The number of likely N-dealkylation sites (tertiary alicyclic amines) is 1. The molecule has 0 saturated carbocycles. The molecule has 1 aromatic carbocycles. The quantitative estimate of drug-likeness (QED) is 0.670. The molecule has 1 saturated heterocycles. The van der Waals surface area contributed by atoms with Crippen molar-refractivity contribution in [1.29, 1.82) is 0 Å². The highest BCUT2D eigenvalue weighted by Gasteiger charge is 2.15. The zero-order chi connectivity index (χ0) is 19.3. The Morgan fingerprint density at radius 2 is 1.93 bits per heavy atom. The maximum atomic E-state index is 12.5. The SMILES string of the molecule is Cc1ccc(-c2nccn3cc(C(=O)NCCCN4CCCCC4)nc23)cc1. The van der Waals surface area contributed by atoms with Crippen molar-refractivity contribution in [1.82, 2.24) is 24.6 Å². The first-order valence-electron chi connectivity index (χ1n) is 10.1. The fourth-order valence-electron chi connectivity index (χ4n) is 3.72. The summed E-state index contributed by atoms with van der Waals surface area (Å²) in [7, 11) is 0. The second kappa shape index (κ2) is 8.52. The molecule has 2 aromatic heterocycles. The first-order valence-corrected chi connectivity index (χ1v) is 10.1. The first-order chi connectivity index (χ1) is 13.7. The molecule has 0 bridgehead atoms. The number of hydrogen-bond donors (Lipinski definition) is 1. The van der Waals surface area contributed by atoms with Crippen molar-refractivity contribution in [3.05, 3.63) is 54.1 Å². The van der Waals surface area contributed by atoms with Gasteiger partial charge in [0, 0.05) is 30.7 Å². The van der Waals surface area contributed by atoms with Gasteiger partial charge in [0.15, 0.2) is 5.65 Å². The van der Waals surface area contributed by atoms with Crippen LogP contribution in [-0.2, 0) is 0 Å². The maximum Gasteiger partial charge on any atom is 0.271 e. The second-order valence-corrected chi connectivity index (χ2v) is 7.51. The molecule has 6 nitrogen and oxygen atoms in total. The maximum absolute atomic E-state index is 12.5. The Morgan fingerprint density at radius 3 is 2.71 bits per heavy atom. The van der Waals surface area contributed by atoms with Crippen molar-refractivity contribution in [2.24, 2.45) is 0 Å². The number of aromatic nitrogens is 3. The monoisotopic (exact) mass is 377 g/mol. The Balaban J connectivity index is 1.41. The van der Waals surface area contributed by atoms with Crippen LogP contribution in [0.4, 0.5) is 0 Å². The third-order valence-corrected chi connectivity index (χ3v) is 5.32. The van der Waals surface area contributed by atoms with Crippen LogP contribution in [0.15, 0.2) is 42.9 Å². The van der Waals surface area contributed by atoms with Crippen LogP contribution in [0.25, 0.3) is 16.9 Å². The number of aryl methyl sites for hydroxylation is 1. The predicted octanol–water partition coefficient (Wildman–Crippen LogP) is 3.31. The van der Waals surface area contributed by atoms with E-state index >= 15 is 0 Å². The molecular formula is C22H27N5O. The summed E-state index contributed by atoms with van der Waals surface area (Å²) in [6.45, 7) is 6.16. The predicted molar refractivity (Wildman–Crippen MR) is 110 cm³/mol. The molecule has 0 unspecified atom stereocenters. The van der Waals surface area contributed by atoms with Crippen LogP contribution in [0.5, 0.6) is 0 Å². The van der Waals surface area contributed by atoms with E-state index in [1.165, 1.54) is 37.9 Å². The summed E-state index contributed by atoms with van der Waals surface area (Å²) < 4.78 is 1.87. The number of amides is 1. The van der Waals surface area contributed by atoms with E-state index in [4.69, 9.17) is 0 Å². The van der Waals surface area contributed by atoms with Gasteiger partial charge in [-0.2, -0.15) is 0 Å². The van der Waals surface area contributed by atoms with Crippen LogP contribution in [0.1, 0.15) is 41.7 Å². The van der Waals surface area contributed by atoms with Gasteiger partial charge in [0.2, 0.25) is 0 Å². The van der Waals surface area contributed by atoms with Crippen molar-refractivity contribution < 1.29 is 4.79 Å². The summed E-state index contributed by atoms with van der Waals surface area (Å²) in [6.07, 6.45) is 10.2. The Bertz CT molecular complexity index is 941. The molecule has 146 valence electrons. The van der Waals surface area contributed by atoms with Gasteiger partial charge in [-0.15, -0.1) is 0 Å². The van der Waals surface area contributed by atoms with E-state index in [1.54, 1.807) is 12.4 Å². The van der Waals surface area contributed by atoms with E-state index in [2.05, 4.69) is 39.2 Å². The van der Waals surface area contributed by atoms with Gasteiger partial charge in [-0.3, -0.25) is 9.78 Å². The lowest BCUT2D eigenvalue weighted by molar-refractivity contribution is 0.0946. The van der Waals surface area contributed by atoms with E-state index in [0.29, 0.717) is 17.9 Å². The fraction of sp³-hybridized carbons (Fsp3) is 0.409. The molecule has 3 aromatic rings. The molecule has 0 spiro atoms. The lowest BCUT2D eigenvalue weighted by atomic mass is 10.1. The highest BCUT2D eigenvalue weighted by Crippen LogP contribution is 2.22. The minimum absolute atomic E-state index is 0.128. The van der Waals surface area contributed by atoms with Crippen LogP contribution in [0.2, 0.25) is 0 Å². The molecular weight excluding hydrogens is 350 g/mol. The molecule has 1 aliphatic rings.